The highest BCUT2D eigenvalue weighted by molar-refractivity contribution is 6.33. The summed E-state index contributed by atoms with van der Waals surface area (Å²) in [6, 6.07) is 85.7. The number of aromatic nitrogens is 1. The number of nitrogens with zero attached hydrogens (tertiary/aromatic N) is 2. The van der Waals surface area contributed by atoms with Crippen molar-refractivity contribution in [3.8, 4) is 39.1 Å². The molecular formula is C65H44N2. The summed E-state index contributed by atoms with van der Waals surface area (Å²) in [7, 11) is 0. The van der Waals surface area contributed by atoms with E-state index in [0.717, 1.165) is 17.1 Å². The van der Waals surface area contributed by atoms with Gasteiger partial charge in [-0.3, -0.25) is 0 Å². The SMILES string of the molecule is CC1(C)c2ccccc2-c2ccc(N(c3ccc(-c4ccccc4)cc3)c3ccc(-c4ccc5c(c4)c4c6ccc7cccc8ccc(cc4n5-c4cccc5ccccc45)c6c87)cc3)cc21. The van der Waals surface area contributed by atoms with E-state index in [9.17, 15) is 0 Å². The van der Waals surface area contributed by atoms with Crippen molar-refractivity contribution in [2.45, 2.75) is 19.3 Å². The van der Waals surface area contributed by atoms with Gasteiger partial charge in [0.2, 0.25) is 0 Å². The molecule has 0 spiro atoms. The number of fused-ring (bicyclic) bond motifs is 8. The zero-order chi connectivity index (χ0) is 44.4. The maximum absolute atomic E-state index is 2.51. The first-order valence-electron chi connectivity index (χ1n) is 23.4. The summed E-state index contributed by atoms with van der Waals surface area (Å²) < 4.78 is 2.51. The first-order chi connectivity index (χ1) is 33.0. The van der Waals surface area contributed by atoms with Crippen molar-refractivity contribution in [3.05, 3.63) is 242 Å². The zero-order valence-corrected chi connectivity index (χ0v) is 37.3. The van der Waals surface area contributed by atoms with Gasteiger partial charge >= 0.3 is 0 Å². The molecule has 2 nitrogen and oxygen atoms in total. The maximum Gasteiger partial charge on any atom is 0.0553 e. The highest BCUT2D eigenvalue weighted by Crippen LogP contribution is 2.51. The topological polar surface area (TPSA) is 8.17 Å². The minimum Gasteiger partial charge on any atom is -0.310 e. The second-order valence-corrected chi connectivity index (χ2v) is 18.9. The molecule has 14 rings (SSSR count). The number of hydrogen-bond donors (Lipinski definition) is 0. The fourth-order valence-electron chi connectivity index (χ4n) is 11.7. The minimum atomic E-state index is -0.111. The Labute approximate surface area is 389 Å². The molecule has 67 heavy (non-hydrogen) atoms. The molecule has 0 saturated heterocycles. The lowest BCUT2D eigenvalue weighted by Gasteiger charge is -2.28. The van der Waals surface area contributed by atoms with Gasteiger partial charge in [-0.15, -0.1) is 0 Å². The molecule has 0 bridgehead atoms. The second kappa shape index (κ2) is 14.3. The van der Waals surface area contributed by atoms with Crippen LogP contribution in [0, 0.1) is 0 Å². The molecule has 2 heteroatoms. The lowest BCUT2D eigenvalue weighted by Crippen LogP contribution is -2.16. The van der Waals surface area contributed by atoms with E-state index >= 15 is 0 Å². The molecule has 0 aliphatic heterocycles. The van der Waals surface area contributed by atoms with Gasteiger partial charge in [0.1, 0.15) is 0 Å². The van der Waals surface area contributed by atoms with E-state index < -0.39 is 0 Å². The Kier molecular flexibility index (Phi) is 8.06. The number of hydrogen-bond acceptors (Lipinski definition) is 1. The molecule has 13 aromatic rings. The first-order valence-corrected chi connectivity index (χ1v) is 23.4. The predicted octanol–water partition coefficient (Wildman–Crippen LogP) is 17.9. The van der Waals surface area contributed by atoms with Crippen LogP contribution < -0.4 is 4.90 Å². The van der Waals surface area contributed by atoms with Crippen LogP contribution in [0.1, 0.15) is 25.0 Å². The van der Waals surface area contributed by atoms with Gasteiger partial charge in [-0.25, -0.2) is 0 Å². The Morgan fingerprint density at radius 3 is 1.73 bits per heavy atom. The minimum absolute atomic E-state index is 0.111. The summed E-state index contributed by atoms with van der Waals surface area (Å²) in [5.74, 6) is 0. The van der Waals surface area contributed by atoms with E-state index in [-0.39, 0.29) is 5.41 Å². The molecule has 0 atom stereocenters. The van der Waals surface area contributed by atoms with E-state index in [1.807, 2.05) is 0 Å². The molecule has 0 N–H and O–H groups in total. The monoisotopic (exact) mass is 852 g/mol. The smallest absolute Gasteiger partial charge is 0.0553 e. The van der Waals surface area contributed by atoms with Crippen molar-refractivity contribution in [1.29, 1.82) is 0 Å². The van der Waals surface area contributed by atoms with E-state index in [0.29, 0.717) is 0 Å². The van der Waals surface area contributed by atoms with Crippen LogP contribution in [0.25, 0.3) is 104 Å². The highest BCUT2D eigenvalue weighted by atomic mass is 15.1. The molecule has 0 fully saturated rings. The molecule has 1 aliphatic rings. The van der Waals surface area contributed by atoms with Crippen molar-refractivity contribution in [3.63, 3.8) is 0 Å². The molecular weight excluding hydrogens is 809 g/mol. The summed E-state index contributed by atoms with van der Waals surface area (Å²) in [6.45, 7) is 4.72. The van der Waals surface area contributed by atoms with E-state index in [2.05, 4.69) is 254 Å². The third kappa shape index (κ3) is 5.63. The van der Waals surface area contributed by atoms with Crippen molar-refractivity contribution < 1.29 is 0 Å². The molecule has 12 aromatic carbocycles. The number of benzene rings is 12. The maximum atomic E-state index is 2.51. The van der Waals surface area contributed by atoms with Gasteiger partial charge in [-0.1, -0.05) is 184 Å². The Morgan fingerprint density at radius 1 is 0.328 bits per heavy atom. The molecule has 0 saturated carbocycles. The summed E-state index contributed by atoms with van der Waals surface area (Å²) in [5, 5.41) is 12.8. The normalized spacial score (nSPS) is 13.0. The third-order valence-corrected chi connectivity index (χ3v) is 14.9. The molecule has 1 aromatic heterocycles. The van der Waals surface area contributed by atoms with Gasteiger partial charge in [0, 0.05) is 38.6 Å². The van der Waals surface area contributed by atoms with Crippen molar-refractivity contribution in [2.24, 2.45) is 0 Å². The molecule has 314 valence electrons. The number of anilines is 3. The Morgan fingerprint density at radius 2 is 0.925 bits per heavy atom. The Hall–Kier alpha value is -8.46. The molecule has 0 amide bonds. The average molecular weight is 853 g/mol. The van der Waals surface area contributed by atoms with Crippen molar-refractivity contribution >= 4 is 82.0 Å². The lowest BCUT2D eigenvalue weighted by atomic mass is 9.82. The average Bonchev–Trinajstić information content (AvgIpc) is 3.83. The van der Waals surface area contributed by atoms with E-state index in [4.69, 9.17) is 0 Å². The van der Waals surface area contributed by atoms with Crippen LogP contribution in [0.4, 0.5) is 17.1 Å². The fraction of sp³-hybridized carbons (Fsp3) is 0.0462. The molecule has 1 heterocycles. The molecule has 0 unspecified atom stereocenters. The van der Waals surface area contributed by atoms with Gasteiger partial charge in [0.05, 0.1) is 16.7 Å². The first kappa shape index (κ1) is 37.9. The lowest BCUT2D eigenvalue weighted by molar-refractivity contribution is 0.660. The van der Waals surface area contributed by atoms with E-state index in [1.54, 1.807) is 0 Å². The summed E-state index contributed by atoms with van der Waals surface area (Å²) >= 11 is 0. The van der Waals surface area contributed by atoms with Crippen LogP contribution in [0.5, 0.6) is 0 Å². The quantitative estimate of drug-likeness (QED) is 0.151. The van der Waals surface area contributed by atoms with Crippen LogP contribution in [-0.2, 0) is 5.41 Å². The zero-order valence-electron chi connectivity index (χ0n) is 37.3. The predicted molar refractivity (Wildman–Crippen MR) is 285 cm³/mol. The van der Waals surface area contributed by atoms with Gasteiger partial charge in [0.25, 0.3) is 0 Å². The van der Waals surface area contributed by atoms with Gasteiger partial charge in [0.15, 0.2) is 0 Å². The van der Waals surface area contributed by atoms with Crippen LogP contribution in [0.2, 0.25) is 0 Å². The largest absolute Gasteiger partial charge is 0.310 e. The Bertz CT molecular complexity index is 4080. The van der Waals surface area contributed by atoms with Crippen LogP contribution in [0.15, 0.2) is 231 Å². The fourth-order valence-corrected chi connectivity index (χ4v) is 11.7. The standard InChI is InChI=1S/C65H44N2/c1-65(2)57-20-9-8-19-53(57)54-36-34-51(40-58(54)65)66(49-30-24-42(25-31-49)41-12-4-3-5-13-41)50-32-26-43(27-33-50)47-29-37-60-56(38-47)64-55-35-28-46-17-10-16-45-22-23-48(63(55)62(45)46)39-61(64)67(60)59-21-11-15-44-14-6-7-18-52(44)59/h3-40H,1-2H3. The summed E-state index contributed by atoms with van der Waals surface area (Å²) in [6.07, 6.45) is 0. The van der Waals surface area contributed by atoms with Gasteiger partial charge < -0.3 is 9.47 Å². The van der Waals surface area contributed by atoms with Crippen molar-refractivity contribution in [1.82, 2.24) is 4.57 Å². The summed E-state index contributed by atoms with van der Waals surface area (Å²) in [5.41, 5.74) is 17.1. The highest BCUT2D eigenvalue weighted by Gasteiger charge is 2.35. The van der Waals surface area contributed by atoms with E-state index in [1.165, 1.54) is 115 Å². The van der Waals surface area contributed by atoms with Crippen LogP contribution >= 0.6 is 0 Å². The third-order valence-electron chi connectivity index (χ3n) is 14.9. The van der Waals surface area contributed by atoms with Crippen LogP contribution in [-0.4, -0.2) is 4.57 Å². The molecule has 1 aliphatic carbocycles. The number of rotatable bonds is 6. The Balaban J connectivity index is 0.939. The van der Waals surface area contributed by atoms with Crippen molar-refractivity contribution in [2.75, 3.05) is 4.90 Å². The van der Waals surface area contributed by atoms with Gasteiger partial charge in [-0.05, 0) is 143 Å². The van der Waals surface area contributed by atoms with Gasteiger partial charge in [-0.2, -0.15) is 0 Å². The molecule has 0 radical (unpaired) electrons. The second-order valence-electron chi connectivity index (χ2n) is 18.9. The van der Waals surface area contributed by atoms with Crippen LogP contribution in [0.3, 0.4) is 0 Å². The summed E-state index contributed by atoms with van der Waals surface area (Å²) in [4.78, 5) is 2.42.